The van der Waals surface area contributed by atoms with Crippen molar-refractivity contribution in [3.05, 3.63) is 48.0 Å². The van der Waals surface area contributed by atoms with Gasteiger partial charge in [0.25, 0.3) is 0 Å². The van der Waals surface area contributed by atoms with Crippen LogP contribution in [0, 0.1) is 0 Å². The van der Waals surface area contributed by atoms with Crippen LogP contribution in [0.25, 0.3) is 10.9 Å². The number of aromatic nitrogens is 2. The van der Waals surface area contributed by atoms with Gasteiger partial charge in [-0.15, -0.1) is 0 Å². The van der Waals surface area contributed by atoms with Crippen LogP contribution < -0.4 is 20.3 Å². The maximum absolute atomic E-state index is 5.70. The number of likely N-dealkylation sites (tertiary alicyclic amines) is 2. The zero-order valence-electron chi connectivity index (χ0n) is 22.7. The van der Waals surface area contributed by atoms with Crippen LogP contribution in [0.5, 0.6) is 5.75 Å². The van der Waals surface area contributed by atoms with Gasteiger partial charge in [0.2, 0.25) is 5.95 Å². The van der Waals surface area contributed by atoms with Crippen LogP contribution in [0.1, 0.15) is 31.2 Å². The molecule has 0 radical (unpaired) electrons. The number of methoxy groups -OCH3 is 1. The third kappa shape index (κ3) is 6.08. The second-order valence-corrected chi connectivity index (χ2v) is 10.7. The van der Waals surface area contributed by atoms with Gasteiger partial charge < -0.3 is 25.2 Å². The first kappa shape index (κ1) is 25.5. The van der Waals surface area contributed by atoms with Gasteiger partial charge in [-0.05, 0) is 70.1 Å². The number of hydrogen-bond acceptors (Lipinski definition) is 8. The third-order valence-corrected chi connectivity index (χ3v) is 7.78. The van der Waals surface area contributed by atoms with E-state index in [0.29, 0.717) is 12.1 Å². The van der Waals surface area contributed by atoms with Crippen LogP contribution in [-0.2, 0) is 6.54 Å². The molecule has 0 spiro atoms. The van der Waals surface area contributed by atoms with Crippen LogP contribution in [-0.4, -0.2) is 86.3 Å². The molecule has 0 amide bonds. The van der Waals surface area contributed by atoms with Gasteiger partial charge in [0, 0.05) is 62.5 Å². The number of ether oxygens (including phenoxy) is 1. The molecule has 5 rings (SSSR count). The highest BCUT2D eigenvalue weighted by Gasteiger charge is 2.23. The molecule has 2 saturated heterocycles. The quantitative estimate of drug-likeness (QED) is 0.472. The Morgan fingerprint density at radius 2 is 1.59 bits per heavy atom. The Labute approximate surface area is 221 Å². The minimum absolute atomic E-state index is 0.386. The Morgan fingerprint density at radius 1 is 0.892 bits per heavy atom. The van der Waals surface area contributed by atoms with Gasteiger partial charge in [-0.25, -0.2) is 4.98 Å². The van der Waals surface area contributed by atoms with Crippen molar-refractivity contribution in [3.8, 4) is 5.75 Å². The van der Waals surface area contributed by atoms with E-state index in [1.807, 2.05) is 0 Å². The van der Waals surface area contributed by atoms with Gasteiger partial charge in [0.15, 0.2) is 0 Å². The highest BCUT2D eigenvalue weighted by molar-refractivity contribution is 5.90. The van der Waals surface area contributed by atoms with Crippen molar-refractivity contribution in [2.24, 2.45) is 0 Å². The molecule has 1 aromatic heterocycles. The molecule has 0 saturated carbocycles. The first-order valence-electron chi connectivity index (χ1n) is 13.5. The molecule has 2 N–H and O–H groups in total. The van der Waals surface area contributed by atoms with Crippen molar-refractivity contribution < 1.29 is 4.74 Å². The normalized spacial score (nSPS) is 18.2. The van der Waals surface area contributed by atoms with E-state index in [-0.39, 0.29) is 0 Å². The van der Waals surface area contributed by atoms with Crippen molar-refractivity contribution >= 4 is 28.4 Å². The minimum atomic E-state index is 0.386. The van der Waals surface area contributed by atoms with E-state index in [4.69, 9.17) is 14.7 Å². The Balaban J connectivity index is 1.26. The summed E-state index contributed by atoms with van der Waals surface area (Å²) in [5, 5.41) is 8.49. The molecule has 0 unspecified atom stereocenters. The molecule has 8 nitrogen and oxygen atoms in total. The lowest BCUT2D eigenvalue weighted by Gasteiger charge is -2.34. The molecule has 2 aliphatic rings. The maximum Gasteiger partial charge on any atom is 0.225 e. The lowest BCUT2D eigenvalue weighted by Crippen LogP contribution is -2.39. The summed E-state index contributed by atoms with van der Waals surface area (Å²) in [4.78, 5) is 16.9. The number of hydrogen-bond donors (Lipinski definition) is 2. The second-order valence-electron chi connectivity index (χ2n) is 10.7. The summed E-state index contributed by atoms with van der Waals surface area (Å²) >= 11 is 0. The van der Waals surface area contributed by atoms with E-state index in [1.54, 1.807) is 7.11 Å². The van der Waals surface area contributed by atoms with Crippen molar-refractivity contribution in [3.63, 3.8) is 0 Å². The zero-order valence-corrected chi connectivity index (χ0v) is 22.7. The van der Waals surface area contributed by atoms with E-state index < -0.39 is 0 Å². The average molecular weight is 504 g/mol. The molecule has 2 aliphatic heterocycles. The fraction of sp³-hybridized carbons (Fsp3) is 0.517. The Morgan fingerprint density at radius 3 is 2.32 bits per heavy atom. The van der Waals surface area contributed by atoms with Crippen LogP contribution in [0.15, 0.2) is 42.5 Å². The van der Waals surface area contributed by atoms with Gasteiger partial charge in [-0.2, -0.15) is 4.98 Å². The highest BCUT2D eigenvalue weighted by Crippen LogP contribution is 2.31. The molecule has 3 heterocycles. The number of fused-ring (bicyclic) bond motifs is 1. The third-order valence-electron chi connectivity index (χ3n) is 7.78. The maximum atomic E-state index is 5.70. The lowest BCUT2D eigenvalue weighted by atomic mass is 10.0. The first-order chi connectivity index (χ1) is 18.0. The molecule has 2 aromatic carbocycles. The molecule has 0 bridgehead atoms. The minimum Gasteiger partial charge on any atom is -0.496 e. The van der Waals surface area contributed by atoms with Gasteiger partial charge in [-0.1, -0.05) is 18.2 Å². The fourth-order valence-electron chi connectivity index (χ4n) is 5.56. The predicted octanol–water partition coefficient (Wildman–Crippen LogP) is 4.29. The van der Waals surface area contributed by atoms with E-state index in [0.717, 1.165) is 86.8 Å². The Bertz CT molecular complexity index is 1180. The van der Waals surface area contributed by atoms with Crippen molar-refractivity contribution in [1.82, 2.24) is 19.8 Å². The van der Waals surface area contributed by atoms with Crippen LogP contribution in [0.2, 0.25) is 0 Å². The van der Waals surface area contributed by atoms with Crippen molar-refractivity contribution in [1.29, 1.82) is 0 Å². The van der Waals surface area contributed by atoms with Crippen molar-refractivity contribution in [2.75, 3.05) is 70.0 Å². The van der Waals surface area contributed by atoms with Crippen LogP contribution in [0.3, 0.4) is 0 Å². The van der Waals surface area contributed by atoms with Gasteiger partial charge in [0.05, 0.1) is 12.6 Å². The number of benzene rings is 2. The monoisotopic (exact) mass is 503 g/mol. The summed E-state index contributed by atoms with van der Waals surface area (Å²) in [6.45, 7) is 5.18. The summed E-state index contributed by atoms with van der Waals surface area (Å²) in [6, 6.07) is 15.4. The average Bonchev–Trinajstić information content (AvgIpc) is 2.91. The van der Waals surface area contributed by atoms with E-state index in [2.05, 4.69) is 88.9 Å². The molecule has 0 aliphatic carbocycles. The number of anilines is 3. The summed E-state index contributed by atoms with van der Waals surface area (Å²) in [7, 11) is 8.14. The van der Waals surface area contributed by atoms with E-state index in [9.17, 15) is 0 Å². The van der Waals surface area contributed by atoms with Gasteiger partial charge in [0.1, 0.15) is 11.6 Å². The lowest BCUT2D eigenvalue weighted by molar-refractivity contribution is 0.209. The molecule has 37 heavy (non-hydrogen) atoms. The number of rotatable bonds is 8. The first-order valence-corrected chi connectivity index (χ1v) is 13.5. The smallest absolute Gasteiger partial charge is 0.225 e. The van der Waals surface area contributed by atoms with E-state index >= 15 is 0 Å². The van der Waals surface area contributed by atoms with Gasteiger partial charge in [-0.3, -0.25) is 4.90 Å². The predicted molar refractivity (Wildman–Crippen MR) is 153 cm³/mol. The Kier molecular flexibility index (Phi) is 7.96. The molecule has 8 heteroatoms. The van der Waals surface area contributed by atoms with Crippen molar-refractivity contribution in [2.45, 2.75) is 44.3 Å². The Hall–Kier alpha value is -3.10. The molecular formula is C29H41N7O. The van der Waals surface area contributed by atoms with Crippen LogP contribution in [0.4, 0.5) is 17.5 Å². The molecule has 0 atom stereocenters. The van der Waals surface area contributed by atoms with Crippen LogP contribution >= 0.6 is 0 Å². The summed E-state index contributed by atoms with van der Waals surface area (Å²) in [6.07, 6.45) is 4.39. The zero-order chi connectivity index (χ0) is 25.8. The molecule has 3 aromatic rings. The summed E-state index contributed by atoms with van der Waals surface area (Å²) in [5.74, 6) is 2.64. The molecule has 2 fully saturated rings. The largest absolute Gasteiger partial charge is 0.496 e. The highest BCUT2D eigenvalue weighted by atomic mass is 16.5. The number of nitrogens with one attached hydrogen (secondary N) is 2. The second kappa shape index (κ2) is 11.5. The SMILES string of the molecule is COc1cccc(N(C)C)c1CN1CCC(Nc2nc(NC3CCN(C)CC3)nc3ccccc23)CC1. The van der Waals surface area contributed by atoms with E-state index in [1.165, 1.54) is 11.3 Å². The topological polar surface area (TPSA) is 68.8 Å². The number of para-hydroxylation sites is 1. The fourth-order valence-corrected chi connectivity index (χ4v) is 5.56. The number of piperidine rings is 2. The molecular weight excluding hydrogens is 462 g/mol. The summed E-state index contributed by atoms with van der Waals surface area (Å²) < 4.78 is 5.70. The standard InChI is InChI=1S/C29H41N7O/c1-34(2)26-10-7-11-27(37-4)24(26)20-36-18-14-21(15-19-36)30-28-23-8-5-6-9-25(23)32-29(33-28)31-22-12-16-35(3)17-13-22/h5-11,21-22H,12-20H2,1-4H3,(H2,30,31,32,33). The summed E-state index contributed by atoms with van der Waals surface area (Å²) in [5.41, 5.74) is 3.46. The number of nitrogens with zero attached hydrogens (tertiary/aromatic N) is 5. The van der Waals surface area contributed by atoms with Gasteiger partial charge >= 0.3 is 0 Å². The molecule has 198 valence electrons.